The van der Waals surface area contributed by atoms with Gasteiger partial charge in [-0.25, -0.2) is 0 Å². The number of benzene rings is 1. The van der Waals surface area contributed by atoms with Gasteiger partial charge in [0.2, 0.25) is 5.91 Å². The first-order valence-electron chi connectivity index (χ1n) is 7.87. The van der Waals surface area contributed by atoms with Gasteiger partial charge in [-0.05, 0) is 44.0 Å². The molecule has 0 aliphatic carbocycles. The lowest BCUT2D eigenvalue weighted by molar-refractivity contribution is -0.384. The zero-order valence-electron chi connectivity index (χ0n) is 14.2. The Balaban J connectivity index is 2.11. The number of amides is 1. The van der Waals surface area contributed by atoms with Crippen LogP contribution in [-0.2, 0) is 4.79 Å². The number of hydrogen-bond donors (Lipinski definition) is 2. The molecule has 1 saturated heterocycles. The number of nitrogens with zero attached hydrogens (tertiary/aromatic N) is 2. The summed E-state index contributed by atoms with van der Waals surface area (Å²) in [5.41, 5.74) is 5.78. The lowest BCUT2D eigenvalue weighted by Gasteiger charge is -2.26. The van der Waals surface area contributed by atoms with Crippen molar-refractivity contribution < 1.29 is 14.5 Å². The van der Waals surface area contributed by atoms with E-state index in [1.165, 1.54) is 19.2 Å². The second-order valence-corrected chi connectivity index (χ2v) is 6.54. The van der Waals surface area contributed by atoms with Gasteiger partial charge in [0.1, 0.15) is 11.4 Å². The van der Waals surface area contributed by atoms with Crippen molar-refractivity contribution in [2.75, 3.05) is 32.1 Å². The molecule has 2 rings (SSSR count). The molecule has 8 heteroatoms. The summed E-state index contributed by atoms with van der Waals surface area (Å²) in [4.78, 5) is 25.2. The summed E-state index contributed by atoms with van der Waals surface area (Å²) in [6.45, 7) is 6.00. The van der Waals surface area contributed by atoms with Crippen LogP contribution in [0.1, 0.15) is 20.3 Å². The summed E-state index contributed by atoms with van der Waals surface area (Å²) >= 11 is 0. The Morgan fingerprint density at radius 1 is 1.58 bits per heavy atom. The second kappa shape index (κ2) is 7.14. The summed E-state index contributed by atoms with van der Waals surface area (Å²) in [6.07, 6.45) is 0.934. The van der Waals surface area contributed by atoms with Gasteiger partial charge >= 0.3 is 0 Å². The fourth-order valence-electron chi connectivity index (χ4n) is 2.86. The van der Waals surface area contributed by atoms with Crippen LogP contribution in [0.3, 0.4) is 0 Å². The number of carbonyl (C=O) groups excluding carboxylic acids is 1. The molecule has 1 aliphatic heterocycles. The molecule has 0 spiro atoms. The number of likely N-dealkylation sites (tertiary alicyclic amines) is 1. The molecule has 2 unspecified atom stereocenters. The normalized spacial score (nSPS) is 22.2. The van der Waals surface area contributed by atoms with Crippen molar-refractivity contribution in [2.45, 2.75) is 26.3 Å². The summed E-state index contributed by atoms with van der Waals surface area (Å²) in [7, 11) is 1.43. The van der Waals surface area contributed by atoms with Crippen LogP contribution in [0.15, 0.2) is 18.2 Å². The largest absolute Gasteiger partial charge is 0.496 e. The highest BCUT2D eigenvalue weighted by Gasteiger charge is 2.36. The fourth-order valence-corrected chi connectivity index (χ4v) is 2.86. The Bertz CT molecular complexity index is 637. The number of nitro benzene ring substituents is 1. The molecule has 1 aromatic carbocycles. The molecule has 1 fully saturated rings. The van der Waals surface area contributed by atoms with E-state index in [0.29, 0.717) is 12.3 Å². The molecule has 0 aromatic heterocycles. The minimum atomic E-state index is -0.538. The Kier molecular flexibility index (Phi) is 5.40. The van der Waals surface area contributed by atoms with Crippen LogP contribution in [0, 0.1) is 15.5 Å². The molecule has 132 valence electrons. The van der Waals surface area contributed by atoms with Crippen LogP contribution in [0.25, 0.3) is 0 Å². The summed E-state index contributed by atoms with van der Waals surface area (Å²) in [5.74, 6) is 0.0931. The number of nitro groups is 1. The third-order valence-corrected chi connectivity index (χ3v) is 4.67. The van der Waals surface area contributed by atoms with Crippen LogP contribution in [0.4, 0.5) is 11.4 Å². The number of carbonyl (C=O) groups is 1. The molecule has 8 nitrogen and oxygen atoms in total. The van der Waals surface area contributed by atoms with E-state index in [-0.39, 0.29) is 28.7 Å². The van der Waals surface area contributed by atoms with Crippen LogP contribution in [0.5, 0.6) is 5.75 Å². The number of nitrogens with one attached hydrogen (secondary N) is 1. The lowest BCUT2D eigenvalue weighted by atomic mass is 9.90. The molecular formula is C16H24N4O4. The van der Waals surface area contributed by atoms with Gasteiger partial charge in [0.15, 0.2) is 0 Å². The number of nitrogens with two attached hydrogens (primary N) is 1. The van der Waals surface area contributed by atoms with Gasteiger partial charge in [-0.15, -0.1) is 0 Å². The highest BCUT2D eigenvalue weighted by atomic mass is 16.6. The van der Waals surface area contributed by atoms with Gasteiger partial charge in [0, 0.05) is 6.54 Å². The number of rotatable bonds is 6. The number of methoxy groups -OCH3 is 1. The number of ether oxygens (including phenoxy) is 1. The minimum Gasteiger partial charge on any atom is -0.496 e. The number of hydrogen-bond acceptors (Lipinski definition) is 6. The van der Waals surface area contributed by atoms with Gasteiger partial charge in [-0.3, -0.25) is 19.8 Å². The SMILES string of the molecule is COc1ccc(NC(=O)C(C)N2CCC(C)(CN)C2)c([N+](=O)[O-])c1. The molecule has 24 heavy (non-hydrogen) atoms. The Labute approximate surface area is 141 Å². The van der Waals surface area contributed by atoms with Crippen molar-refractivity contribution in [2.24, 2.45) is 11.1 Å². The maximum Gasteiger partial charge on any atom is 0.296 e. The van der Waals surface area contributed by atoms with Crippen LogP contribution in [-0.4, -0.2) is 48.5 Å². The Hall–Kier alpha value is -2.19. The molecule has 1 heterocycles. The van der Waals surface area contributed by atoms with Gasteiger partial charge in [0.05, 0.1) is 24.1 Å². The molecule has 1 aromatic rings. The zero-order valence-corrected chi connectivity index (χ0v) is 14.2. The summed E-state index contributed by atoms with van der Waals surface area (Å²) in [5, 5.41) is 13.9. The second-order valence-electron chi connectivity index (χ2n) is 6.54. The molecule has 0 saturated carbocycles. The Morgan fingerprint density at radius 3 is 2.83 bits per heavy atom. The van der Waals surface area contributed by atoms with Crippen LogP contribution < -0.4 is 15.8 Å². The first-order chi connectivity index (χ1) is 11.3. The third-order valence-electron chi connectivity index (χ3n) is 4.67. The third kappa shape index (κ3) is 3.82. The fraction of sp³-hybridized carbons (Fsp3) is 0.562. The number of anilines is 1. The summed E-state index contributed by atoms with van der Waals surface area (Å²) in [6, 6.07) is 3.96. The van der Waals surface area contributed by atoms with E-state index in [0.717, 1.165) is 19.5 Å². The van der Waals surface area contributed by atoms with E-state index in [4.69, 9.17) is 10.5 Å². The first kappa shape index (κ1) is 18.2. The van der Waals surface area contributed by atoms with E-state index < -0.39 is 4.92 Å². The molecule has 1 aliphatic rings. The molecule has 0 bridgehead atoms. The van der Waals surface area contributed by atoms with E-state index in [1.54, 1.807) is 13.0 Å². The average Bonchev–Trinajstić information content (AvgIpc) is 2.97. The Morgan fingerprint density at radius 2 is 2.29 bits per heavy atom. The van der Waals surface area contributed by atoms with Gasteiger partial charge in [0.25, 0.3) is 5.69 Å². The maximum absolute atomic E-state index is 12.5. The predicted octanol–water partition coefficient (Wildman–Crippen LogP) is 1.60. The van der Waals surface area contributed by atoms with E-state index in [9.17, 15) is 14.9 Å². The van der Waals surface area contributed by atoms with Crippen molar-refractivity contribution in [3.63, 3.8) is 0 Å². The van der Waals surface area contributed by atoms with Crippen molar-refractivity contribution in [1.82, 2.24) is 4.90 Å². The quantitative estimate of drug-likeness (QED) is 0.603. The van der Waals surface area contributed by atoms with Crippen LogP contribution in [0.2, 0.25) is 0 Å². The lowest BCUT2D eigenvalue weighted by Crippen LogP contribution is -2.42. The van der Waals surface area contributed by atoms with Gasteiger partial charge < -0.3 is 15.8 Å². The van der Waals surface area contributed by atoms with Gasteiger partial charge in [-0.2, -0.15) is 0 Å². The average molecular weight is 336 g/mol. The minimum absolute atomic E-state index is 0.0145. The zero-order chi connectivity index (χ0) is 17.9. The predicted molar refractivity (Wildman–Crippen MR) is 91.1 cm³/mol. The van der Waals surface area contributed by atoms with Crippen LogP contribution >= 0.6 is 0 Å². The van der Waals surface area contributed by atoms with Crippen molar-refractivity contribution in [1.29, 1.82) is 0 Å². The van der Waals surface area contributed by atoms with Crippen molar-refractivity contribution >= 4 is 17.3 Å². The van der Waals surface area contributed by atoms with Crippen molar-refractivity contribution in [3.8, 4) is 5.75 Å². The topological polar surface area (TPSA) is 111 Å². The van der Waals surface area contributed by atoms with Crippen molar-refractivity contribution in [3.05, 3.63) is 28.3 Å². The van der Waals surface area contributed by atoms with E-state index >= 15 is 0 Å². The summed E-state index contributed by atoms with van der Waals surface area (Å²) < 4.78 is 4.99. The molecule has 2 atom stereocenters. The van der Waals surface area contributed by atoms with E-state index in [1.807, 2.05) is 0 Å². The molecule has 1 amide bonds. The van der Waals surface area contributed by atoms with Gasteiger partial charge in [-0.1, -0.05) is 6.92 Å². The highest BCUT2D eigenvalue weighted by Crippen LogP contribution is 2.31. The smallest absolute Gasteiger partial charge is 0.296 e. The standard InChI is InChI=1S/C16H24N4O4/c1-11(19-7-6-16(2,9-17)10-19)15(21)18-13-5-4-12(24-3)8-14(13)20(22)23/h4-5,8,11H,6-7,9-10,17H2,1-3H3,(H,18,21). The first-order valence-corrected chi connectivity index (χ1v) is 7.87. The molecule has 0 radical (unpaired) electrons. The van der Waals surface area contributed by atoms with E-state index in [2.05, 4.69) is 17.1 Å². The molecular weight excluding hydrogens is 312 g/mol. The monoisotopic (exact) mass is 336 g/mol. The highest BCUT2D eigenvalue weighted by molar-refractivity contribution is 5.96. The molecule has 3 N–H and O–H groups in total. The maximum atomic E-state index is 12.5.